The Labute approximate surface area is 156 Å². The number of anilines is 1. The number of rotatable bonds is 4. The Balaban J connectivity index is 1.83. The number of benzene rings is 1. The SMILES string of the molecule is Cn1cc(/C=C(/C#N)c2nnc(N3CCOCC3)n2-c2ccccc2)cn1. The van der Waals surface area contributed by atoms with Crippen molar-refractivity contribution in [3.8, 4) is 11.8 Å². The standard InChI is InChI=1S/C19H19N7O/c1-24-14-15(13-21-24)11-16(12-20)18-22-23-19(25-7-9-27-10-8-25)26(18)17-5-3-2-4-6-17/h2-6,11,13-14H,7-10H2,1H3/b16-11-. The van der Waals surface area contributed by atoms with Crippen LogP contribution in [0.25, 0.3) is 17.3 Å². The van der Waals surface area contributed by atoms with E-state index in [1.54, 1.807) is 17.0 Å². The van der Waals surface area contributed by atoms with Crippen LogP contribution in [0.1, 0.15) is 11.4 Å². The third-order valence-electron chi connectivity index (χ3n) is 4.35. The summed E-state index contributed by atoms with van der Waals surface area (Å²) in [7, 11) is 1.84. The molecule has 1 fully saturated rings. The van der Waals surface area contributed by atoms with Crippen LogP contribution < -0.4 is 4.90 Å². The van der Waals surface area contributed by atoms with Gasteiger partial charge in [-0.15, -0.1) is 10.2 Å². The minimum absolute atomic E-state index is 0.430. The van der Waals surface area contributed by atoms with Gasteiger partial charge in [0.05, 0.1) is 30.7 Å². The molecule has 8 nitrogen and oxygen atoms in total. The molecule has 1 saturated heterocycles. The Morgan fingerprint density at radius 3 is 2.63 bits per heavy atom. The third-order valence-corrected chi connectivity index (χ3v) is 4.35. The van der Waals surface area contributed by atoms with Gasteiger partial charge < -0.3 is 9.64 Å². The lowest BCUT2D eigenvalue weighted by molar-refractivity contribution is 0.122. The Bertz CT molecular complexity index is 991. The predicted molar refractivity (Wildman–Crippen MR) is 101 cm³/mol. The van der Waals surface area contributed by atoms with E-state index >= 15 is 0 Å². The first kappa shape index (κ1) is 17.0. The number of nitriles is 1. The molecule has 0 atom stereocenters. The number of morpholine rings is 1. The van der Waals surface area contributed by atoms with E-state index in [1.807, 2.05) is 48.1 Å². The first-order valence-corrected chi connectivity index (χ1v) is 8.70. The first-order valence-electron chi connectivity index (χ1n) is 8.70. The number of hydrogen-bond donors (Lipinski definition) is 0. The van der Waals surface area contributed by atoms with Crippen LogP contribution in [-0.4, -0.2) is 50.8 Å². The summed E-state index contributed by atoms with van der Waals surface area (Å²) >= 11 is 0. The Morgan fingerprint density at radius 1 is 1.19 bits per heavy atom. The summed E-state index contributed by atoms with van der Waals surface area (Å²) in [6.07, 6.45) is 5.34. The zero-order valence-electron chi connectivity index (χ0n) is 15.0. The molecular weight excluding hydrogens is 342 g/mol. The number of aryl methyl sites for hydroxylation is 1. The summed E-state index contributed by atoms with van der Waals surface area (Å²) in [5.74, 6) is 1.22. The molecule has 0 saturated carbocycles. The zero-order valence-corrected chi connectivity index (χ0v) is 15.0. The third kappa shape index (κ3) is 3.45. The lowest BCUT2D eigenvalue weighted by Crippen LogP contribution is -2.38. The van der Waals surface area contributed by atoms with Crippen LogP contribution in [0, 0.1) is 11.3 Å². The minimum atomic E-state index is 0.430. The topological polar surface area (TPSA) is 84.8 Å². The van der Waals surface area contributed by atoms with Crippen molar-refractivity contribution in [1.29, 1.82) is 5.26 Å². The van der Waals surface area contributed by atoms with Gasteiger partial charge in [0.2, 0.25) is 5.95 Å². The Morgan fingerprint density at radius 2 is 1.96 bits per heavy atom. The van der Waals surface area contributed by atoms with Gasteiger partial charge in [0, 0.05) is 31.9 Å². The maximum atomic E-state index is 9.78. The summed E-state index contributed by atoms with van der Waals surface area (Å²) < 4.78 is 9.08. The zero-order chi connectivity index (χ0) is 18.6. The minimum Gasteiger partial charge on any atom is -0.378 e. The predicted octanol–water partition coefficient (Wildman–Crippen LogP) is 1.90. The first-order chi connectivity index (χ1) is 13.3. The van der Waals surface area contributed by atoms with Crippen molar-refractivity contribution in [2.75, 3.05) is 31.2 Å². The fourth-order valence-electron chi connectivity index (χ4n) is 3.06. The molecule has 2 aromatic heterocycles. The van der Waals surface area contributed by atoms with Gasteiger partial charge in [-0.3, -0.25) is 9.25 Å². The van der Waals surface area contributed by atoms with Crippen molar-refractivity contribution in [2.24, 2.45) is 7.05 Å². The fraction of sp³-hybridized carbons (Fsp3) is 0.263. The molecule has 1 aromatic carbocycles. The second kappa shape index (κ2) is 7.43. The van der Waals surface area contributed by atoms with Gasteiger partial charge in [-0.05, 0) is 18.2 Å². The second-order valence-corrected chi connectivity index (χ2v) is 6.21. The molecule has 136 valence electrons. The van der Waals surface area contributed by atoms with Gasteiger partial charge in [0.1, 0.15) is 6.07 Å². The van der Waals surface area contributed by atoms with Crippen LogP contribution in [0.2, 0.25) is 0 Å². The summed E-state index contributed by atoms with van der Waals surface area (Å²) in [5, 5.41) is 22.7. The van der Waals surface area contributed by atoms with E-state index in [2.05, 4.69) is 26.3 Å². The Hall–Kier alpha value is -3.44. The van der Waals surface area contributed by atoms with E-state index in [0.29, 0.717) is 30.6 Å². The van der Waals surface area contributed by atoms with Gasteiger partial charge in [0.25, 0.3) is 0 Å². The van der Waals surface area contributed by atoms with Crippen molar-refractivity contribution in [2.45, 2.75) is 0 Å². The van der Waals surface area contributed by atoms with Gasteiger partial charge in [-0.25, -0.2) is 0 Å². The molecule has 4 rings (SSSR count). The van der Waals surface area contributed by atoms with Crippen molar-refractivity contribution in [3.05, 3.63) is 54.1 Å². The van der Waals surface area contributed by atoms with Gasteiger partial charge >= 0.3 is 0 Å². The molecule has 0 radical (unpaired) electrons. The summed E-state index contributed by atoms with van der Waals surface area (Å²) in [5.41, 5.74) is 2.18. The Kier molecular flexibility index (Phi) is 4.68. The van der Waals surface area contributed by atoms with Crippen molar-refractivity contribution in [1.82, 2.24) is 24.5 Å². The maximum Gasteiger partial charge on any atom is 0.232 e. The molecule has 1 aliphatic rings. The molecular formula is C19H19N7O. The fourth-order valence-corrected chi connectivity index (χ4v) is 3.06. The molecule has 3 heterocycles. The normalized spacial score (nSPS) is 15.0. The monoisotopic (exact) mass is 361 g/mol. The highest BCUT2D eigenvalue weighted by atomic mass is 16.5. The summed E-state index contributed by atoms with van der Waals surface area (Å²) in [6, 6.07) is 12.1. The highest BCUT2D eigenvalue weighted by Gasteiger charge is 2.23. The van der Waals surface area contributed by atoms with E-state index in [-0.39, 0.29) is 0 Å². The molecule has 3 aromatic rings. The largest absolute Gasteiger partial charge is 0.378 e. The molecule has 0 amide bonds. The number of nitrogens with zero attached hydrogens (tertiary/aromatic N) is 7. The van der Waals surface area contributed by atoms with Crippen LogP contribution in [-0.2, 0) is 11.8 Å². The molecule has 27 heavy (non-hydrogen) atoms. The van der Waals surface area contributed by atoms with E-state index in [0.717, 1.165) is 24.3 Å². The van der Waals surface area contributed by atoms with Gasteiger partial charge in [-0.1, -0.05) is 18.2 Å². The number of aromatic nitrogens is 5. The van der Waals surface area contributed by atoms with Crippen LogP contribution in [0.4, 0.5) is 5.95 Å². The van der Waals surface area contributed by atoms with Crippen molar-refractivity contribution >= 4 is 17.6 Å². The van der Waals surface area contributed by atoms with Gasteiger partial charge in [-0.2, -0.15) is 10.4 Å². The lowest BCUT2D eigenvalue weighted by Gasteiger charge is -2.28. The van der Waals surface area contributed by atoms with E-state index in [9.17, 15) is 5.26 Å². The molecule has 0 N–H and O–H groups in total. The van der Waals surface area contributed by atoms with Crippen LogP contribution in [0.3, 0.4) is 0 Å². The smallest absolute Gasteiger partial charge is 0.232 e. The van der Waals surface area contributed by atoms with Gasteiger partial charge in [0.15, 0.2) is 5.82 Å². The van der Waals surface area contributed by atoms with Crippen LogP contribution in [0.15, 0.2) is 42.7 Å². The van der Waals surface area contributed by atoms with Crippen LogP contribution in [0.5, 0.6) is 0 Å². The number of hydrogen-bond acceptors (Lipinski definition) is 6. The van der Waals surface area contributed by atoms with Crippen molar-refractivity contribution in [3.63, 3.8) is 0 Å². The van der Waals surface area contributed by atoms with Crippen molar-refractivity contribution < 1.29 is 4.74 Å². The average Bonchev–Trinajstić information content (AvgIpc) is 3.33. The van der Waals surface area contributed by atoms with E-state index in [1.165, 1.54) is 0 Å². The maximum absolute atomic E-state index is 9.78. The molecule has 8 heteroatoms. The highest BCUT2D eigenvalue weighted by Crippen LogP contribution is 2.26. The summed E-state index contributed by atoms with van der Waals surface area (Å²) in [6.45, 7) is 2.76. The number of para-hydroxylation sites is 1. The highest BCUT2D eigenvalue weighted by molar-refractivity contribution is 5.87. The molecule has 0 aliphatic carbocycles. The lowest BCUT2D eigenvalue weighted by atomic mass is 10.2. The van der Waals surface area contributed by atoms with E-state index in [4.69, 9.17) is 4.74 Å². The molecule has 0 unspecified atom stereocenters. The molecule has 1 aliphatic heterocycles. The summed E-state index contributed by atoms with van der Waals surface area (Å²) in [4.78, 5) is 2.13. The van der Waals surface area contributed by atoms with E-state index < -0.39 is 0 Å². The van der Waals surface area contributed by atoms with Crippen LogP contribution >= 0.6 is 0 Å². The number of ether oxygens (including phenoxy) is 1. The molecule has 0 spiro atoms. The molecule has 0 bridgehead atoms. The quantitative estimate of drug-likeness (QED) is 0.660. The second-order valence-electron chi connectivity index (χ2n) is 6.21. The average molecular weight is 361 g/mol. The number of allylic oxidation sites excluding steroid dienone is 1.